The van der Waals surface area contributed by atoms with Crippen molar-refractivity contribution < 1.29 is 38.9 Å². The number of thiazole rings is 1. The molecule has 0 saturated carbocycles. The number of nitrogens with zero attached hydrogens (tertiary/aromatic N) is 2. The zero-order valence-corrected chi connectivity index (χ0v) is 33.4. The number of hydrogen-bond acceptors (Lipinski definition) is 10. The van der Waals surface area contributed by atoms with E-state index in [9.17, 15) is 29.4 Å². The minimum atomic E-state index is -1.56. The van der Waals surface area contributed by atoms with E-state index in [1.807, 2.05) is 60.7 Å². The number of aromatic nitrogens is 1. The Kier molecular flexibility index (Phi) is 15.8. The van der Waals surface area contributed by atoms with Gasteiger partial charge in [-0.2, -0.15) is 0 Å². The Morgan fingerprint density at radius 3 is 1.72 bits per heavy atom. The van der Waals surface area contributed by atoms with Crippen molar-refractivity contribution in [2.75, 3.05) is 12.4 Å². The summed E-state index contributed by atoms with van der Waals surface area (Å²) in [6.07, 6.45) is -4.21. The summed E-state index contributed by atoms with van der Waals surface area (Å²) in [5.74, 6) is -0.943. The lowest BCUT2D eigenvalue weighted by molar-refractivity contribution is -0.126. The first-order valence-electron chi connectivity index (χ1n) is 17.9. The highest BCUT2D eigenvalue weighted by molar-refractivity contribution is 7.13. The maximum Gasteiger partial charge on any atom is 0.413 e. The lowest BCUT2D eigenvalue weighted by Crippen LogP contribution is -2.60. The fourth-order valence-electron chi connectivity index (χ4n) is 5.38. The summed E-state index contributed by atoms with van der Waals surface area (Å²) in [6.45, 7) is 14.1. The van der Waals surface area contributed by atoms with Gasteiger partial charge in [0.25, 0.3) is 0 Å². The van der Waals surface area contributed by atoms with E-state index in [2.05, 4.69) is 26.3 Å². The van der Waals surface area contributed by atoms with Crippen LogP contribution in [-0.4, -0.2) is 92.8 Å². The number of benzene rings is 2. The van der Waals surface area contributed by atoms with Gasteiger partial charge in [-0.25, -0.2) is 19.4 Å². The molecule has 54 heavy (non-hydrogen) atoms. The van der Waals surface area contributed by atoms with Crippen molar-refractivity contribution in [2.24, 2.45) is 5.92 Å². The van der Waals surface area contributed by atoms with E-state index in [1.54, 1.807) is 67.8 Å². The predicted molar refractivity (Wildman–Crippen MR) is 208 cm³/mol. The van der Waals surface area contributed by atoms with Crippen LogP contribution in [0.4, 0.5) is 19.5 Å². The average Bonchev–Trinajstić information content (AvgIpc) is 3.50. The number of amides is 5. The molecule has 0 aliphatic carbocycles. The van der Waals surface area contributed by atoms with Crippen LogP contribution in [0.3, 0.4) is 0 Å². The zero-order valence-electron chi connectivity index (χ0n) is 32.6. The van der Waals surface area contributed by atoms with E-state index in [4.69, 9.17) is 9.47 Å². The number of rotatable bonds is 15. The third-order valence-corrected chi connectivity index (χ3v) is 8.74. The minimum absolute atomic E-state index is 0.0831. The fraction of sp³-hybridized carbons (Fsp3) is 0.513. The van der Waals surface area contributed by atoms with Crippen LogP contribution < -0.4 is 21.3 Å². The number of hydrogen-bond donors (Lipinski definition) is 6. The van der Waals surface area contributed by atoms with Crippen LogP contribution in [-0.2, 0) is 33.7 Å². The molecule has 2 aromatic carbocycles. The topological polar surface area (TPSA) is 191 Å². The van der Waals surface area contributed by atoms with Gasteiger partial charge in [-0.05, 0) is 71.4 Å². The predicted octanol–water partition coefficient (Wildman–Crippen LogP) is 5.24. The summed E-state index contributed by atoms with van der Waals surface area (Å²) in [7, 11) is 1.55. The molecule has 3 rings (SSSR count). The number of aliphatic hydroxyl groups excluding tert-OH is 2. The second-order valence-corrected chi connectivity index (χ2v) is 16.4. The molecule has 5 amide bonds. The lowest BCUT2D eigenvalue weighted by atomic mass is 9.90. The Bertz CT molecular complexity index is 1660. The highest BCUT2D eigenvalue weighted by Gasteiger charge is 2.37. The van der Waals surface area contributed by atoms with Crippen LogP contribution in [0.5, 0.6) is 0 Å². The van der Waals surface area contributed by atoms with Crippen LogP contribution in [0.15, 0.2) is 66.0 Å². The summed E-state index contributed by atoms with van der Waals surface area (Å²) in [5.41, 5.74) is 0.613. The van der Waals surface area contributed by atoms with E-state index in [1.165, 1.54) is 16.2 Å². The van der Waals surface area contributed by atoms with Crippen LogP contribution in [0.2, 0.25) is 0 Å². The molecule has 0 unspecified atom stereocenters. The van der Waals surface area contributed by atoms with E-state index in [-0.39, 0.29) is 25.3 Å². The quantitative estimate of drug-likeness (QED) is 0.120. The number of urea groups is 1. The molecule has 0 fully saturated rings. The molecule has 0 aliphatic rings. The van der Waals surface area contributed by atoms with Gasteiger partial charge in [0, 0.05) is 12.4 Å². The summed E-state index contributed by atoms with van der Waals surface area (Å²) in [4.78, 5) is 58.1. The van der Waals surface area contributed by atoms with Crippen LogP contribution >= 0.6 is 11.3 Å². The Hall–Kier alpha value is -4.73. The van der Waals surface area contributed by atoms with E-state index < -0.39 is 65.7 Å². The Morgan fingerprint density at radius 1 is 0.759 bits per heavy atom. The normalized spacial score (nSPS) is 14.5. The highest BCUT2D eigenvalue weighted by Crippen LogP contribution is 2.20. The van der Waals surface area contributed by atoms with Gasteiger partial charge in [0.05, 0.1) is 24.3 Å². The third-order valence-electron chi connectivity index (χ3n) is 7.93. The van der Waals surface area contributed by atoms with Crippen molar-refractivity contribution in [3.63, 3.8) is 0 Å². The maximum absolute atomic E-state index is 13.9. The van der Waals surface area contributed by atoms with Gasteiger partial charge in [-0.1, -0.05) is 74.5 Å². The van der Waals surface area contributed by atoms with Crippen LogP contribution in [0.1, 0.15) is 72.2 Å². The fourth-order valence-corrected chi connectivity index (χ4v) is 6.07. The Balaban J connectivity index is 1.77. The molecule has 6 N–H and O–H groups in total. The van der Waals surface area contributed by atoms with Crippen molar-refractivity contribution in [2.45, 2.75) is 116 Å². The van der Waals surface area contributed by atoms with Crippen molar-refractivity contribution >= 4 is 40.6 Å². The number of carbonyl (C=O) groups is 4. The van der Waals surface area contributed by atoms with Crippen molar-refractivity contribution in [3.05, 3.63) is 82.9 Å². The molecule has 0 bridgehead atoms. The molecule has 0 aliphatic heterocycles. The number of alkyl carbamates (subject to hydrolysis) is 1. The first-order valence-corrected chi connectivity index (χ1v) is 18.8. The van der Waals surface area contributed by atoms with Crippen LogP contribution in [0, 0.1) is 5.92 Å². The summed E-state index contributed by atoms with van der Waals surface area (Å²) in [6, 6.07) is 14.7. The molecule has 0 saturated heterocycles. The number of aliphatic hydroxyl groups is 2. The Labute approximate surface area is 322 Å². The molecule has 5 atom stereocenters. The van der Waals surface area contributed by atoms with E-state index >= 15 is 0 Å². The molecule has 15 heteroatoms. The molecular weight excluding hydrogens is 713 g/mol. The molecule has 1 aromatic heterocycles. The molecule has 14 nitrogen and oxygen atoms in total. The number of anilines is 1. The second kappa shape index (κ2) is 19.6. The van der Waals surface area contributed by atoms with Gasteiger partial charge in [0.1, 0.15) is 29.5 Å². The molecule has 0 radical (unpaired) electrons. The monoisotopic (exact) mass is 768 g/mol. The minimum Gasteiger partial charge on any atom is -0.444 e. The van der Waals surface area contributed by atoms with Crippen molar-refractivity contribution in [1.82, 2.24) is 25.8 Å². The van der Waals surface area contributed by atoms with Gasteiger partial charge in [0.2, 0.25) is 5.91 Å². The van der Waals surface area contributed by atoms with Crippen molar-refractivity contribution in [1.29, 1.82) is 0 Å². The van der Waals surface area contributed by atoms with E-state index in [0.29, 0.717) is 10.8 Å². The first kappa shape index (κ1) is 43.7. The standard InChI is InChI=1S/C39H56N6O8S/c1-24(2)30(43-35(49)45(9)22-27-23-54-34(40-27)44-37(51)53-39(6,7)8)33(48)41-28(20-25-16-12-10-13-17-25)31(46)32(47)29(21-26-18-14-11-15-19-26)42-36(50)52-38(3,4)5/h10-19,23-24,28-32,46-47H,20-22H2,1-9H3,(H,41,48)(H,42,50)(H,43,49)(H,40,44,51)/t28-,29-,30-,31-,32+/m0/s1. The lowest BCUT2D eigenvalue weighted by Gasteiger charge is -2.34. The van der Waals surface area contributed by atoms with Gasteiger partial charge in [-0.3, -0.25) is 10.1 Å². The van der Waals surface area contributed by atoms with Crippen LogP contribution in [0.25, 0.3) is 0 Å². The molecule has 0 spiro atoms. The number of carbonyl (C=O) groups excluding carboxylic acids is 4. The SMILES string of the molecule is CC(C)[C@H](NC(=O)N(C)Cc1csc(NC(=O)OC(C)(C)C)n1)C(=O)N[C@@H](Cc1ccccc1)[C@H](O)[C@H](O)[C@H](Cc1ccccc1)NC(=O)OC(C)(C)C. The highest BCUT2D eigenvalue weighted by atomic mass is 32.1. The summed E-state index contributed by atoms with van der Waals surface area (Å²) >= 11 is 1.18. The van der Waals surface area contributed by atoms with Gasteiger partial charge < -0.3 is 40.5 Å². The Morgan fingerprint density at radius 2 is 1.24 bits per heavy atom. The van der Waals surface area contributed by atoms with Crippen molar-refractivity contribution in [3.8, 4) is 0 Å². The number of ether oxygens (including phenoxy) is 2. The summed E-state index contributed by atoms with van der Waals surface area (Å²) < 4.78 is 10.7. The van der Waals surface area contributed by atoms with Gasteiger partial charge in [0.15, 0.2) is 5.13 Å². The molecule has 296 valence electrons. The molecular formula is C39H56N6O8S. The second-order valence-electron chi connectivity index (χ2n) is 15.5. The smallest absolute Gasteiger partial charge is 0.413 e. The van der Waals surface area contributed by atoms with E-state index in [0.717, 1.165) is 11.1 Å². The molecule has 1 heterocycles. The zero-order chi connectivity index (χ0) is 40.2. The van der Waals surface area contributed by atoms with Gasteiger partial charge in [-0.15, -0.1) is 11.3 Å². The van der Waals surface area contributed by atoms with Gasteiger partial charge >= 0.3 is 18.2 Å². The average molecular weight is 769 g/mol. The number of nitrogens with one attached hydrogen (secondary N) is 4. The third kappa shape index (κ3) is 15.0. The maximum atomic E-state index is 13.9. The first-order chi connectivity index (χ1) is 25.2. The molecule has 3 aromatic rings. The largest absolute Gasteiger partial charge is 0.444 e. The summed E-state index contributed by atoms with van der Waals surface area (Å²) in [5, 5.41) is 36.4.